The zero-order chi connectivity index (χ0) is 14.4. The van der Waals surface area contributed by atoms with Crippen molar-refractivity contribution in [1.29, 1.82) is 0 Å². The molecule has 1 saturated heterocycles. The van der Waals surface area contributed by atoms with E-state index in [9.17, 15) is 4.39 Å². The average Bonchev–Trinajstić information content (AvgIpc) is 2.49. The molecule has 0 bridgehead atoms. The van der Waals surface area contributed by atoms with E-state index in [1.54, 1.807) is 12.1 Å². The Morgan fingerprint density at radius 3 is 3.05 bits per heavy atom. The molecular weight excluding hydrogens is 263 g/mol. The lowest BCUT2D eigenvalue weighted by Crippen LogP contribution is -2.24. The number of nitrogens with two attached hydrogens (primary N) is 1. The first-order valence-electron chi connectivity index (χ1n) is 6.67. The molecule has 1 unspecified atom stereocenters. The van der Waals surface area contributed by atoms with Crippen LogP contribution in [0.2, 0.25) is 0 Å². The van der Waals surface area contributed by atoms with Gasteiger partial charge in [0.15, 0.2) is 5.84 Å². The minimum atomic E-state index is -0.521. The second-order valence-corrected chi connectivity index (χ2v) is 4.77. The van der Waals surface area contributed by atoms with Crippen LogP contribution < -0.4 is 5.73 Å². The second kappa shape index (κ2) is 7.21. The lowest BCUT2D eigenvalue weighted by molar-refractivity contribution is -0.0451. The molecule has 0 saturated carbocycles. The van der Waals surface area contributed by atoms with Crippen LogP contribution in [0.25, 0.3) is 0 Å². The van der Waals surface area contributed by atoms with Crippen LogP contribution in [0.3, 0.4) is 0 Å². The lowest BCUT2D eigenvalue weighted by Gasteiger charge is -2.22. The minimum Gasteiger partial charge on any atom is -0.409 e. The molecular formula is C14H19FN2O3. The van der Waals surface area contributed by atoms with E-state index in [4.69, 9.17) is 20.4 Å². The Labute approximate surface area is 117 Å². The van der Waals surface area contributed by atoms with Gasteiger partial charge in [-0.3, -0.25) is 0 Å². The summed E-state index contributed by atoms with van der Waals surface area (Å²) in [4.78, 5) is 0. The van der Waals surface area contributed by atoms with Crippen LogP contribution in [0.4, 0.5) is 4.39 Å². The van der Waals surface area contributed by atoms with Gasteiger partial charge < -0.3 is 20.4 Å². The van der Waals surface area contributed by atoms with Gasteiger partial charge in [-0.05, 0) is 25.3 Å². The molecule has 0 aromatic heterocycles. The summed E-state index contributed by atoms with van der Waals surface area (Å²) < 4.78 is 25.1. The molecule has 1 aliphatic heterocycles. The third-order valence-corrected chi connectivity index (χ3v) is 3.30. The Morgan fingerprint density at radius 1 is 1.50 bits per heavy atom. The van der Waals surface area contributed by atoms with Crippen LogP contribution in [0.5, 0.6) is 0 Å². The first-order chi connectivity index (χ1) is 9.72. The van der Waals surface area contributed by atoms with Crippen molar-refractivity contribution < 1.29 is 19.1 Å². The van der Waals surface area contributed by atoms with E-state index in [-0.39, 0.29) is 24.1 Å². The number of amidine groups is 1. The zero-order valence-corrected chi connectivity index (χ0v) is 11.2. The molecule has 3 N–H and O–H groups in total. The Bertz CT molecular complexity index is 473. The van der Waals surface area contributed by atoms with Gasteiger partial charge in [-0.15, -0.1) is 0 Å². The first kappa shape index (κ1) is 14.7. The summed E-state index contributed by atoms with van der Waals surface area (Å²) in [6.45, 7) is 1.35. The third kappa shape index (κ3) is 3.68. The fourth-order valence-corrected chi connectivity index (χ4v) is 2.18. The second-order valence-electron chi connectivity index (χ2n) is 4.77. The Morgan fingerprint density at radius 2 is 2.35 bits per heavy atom. The number of benzene rings is 1. The summed E-state index contributed by atoms with van der Waals surface area (Å²) in [7, 11) is 0. The fraction of sp³-hybridized carbons (Fsp3) is 0.500. The van der Waals surface area contributed by atoms with Crippen LogP contribution in [0.1, 0.15) is 30.4 Å². The van der Waals surface area contributed by atoms with Gasteiger partial charge in [-0.25, -0.2) is 4.39 Å². The monoisotopic (exact) mass is 282 g/mol. The van der Waals surface area contributed by atoms with Crippen molar-refractivity contribution in [3.05, 3.63) is 35.1 Å². The number of hydrogen-bond donors (Lipinski definition) is 2. The highest BCUT2D eigenvalue weighted by atomic mass is 19.1. The van der Waals surface area contributed by atoms with Gasteiger partial charge in [0, 0.05) is 12.2 Å². The van der Waals surface area contributed by atoms with Crippen LogP contribution in [-0.2, 0) is 16.1 Å². The van der Waals surface area contributed by atoms with Gasteiger partial charge in [0.2, 0.25) is 0 Å². The summed E-state index contributed by atoms with van der Waals surface area (Å²) in [5, 5.41) is 11.4. The predicted octanol–water partition coefficient (Wildman–Crippen LogP) is 2.01. The van der Waals surface area contributed by atoms with Gasteiger partial charge in [-0.1, -0.05) is 17.3 Å². The maximum Gasteiger partial charge on any atom is 0.173 e. The largest absolute Gasteiger partial charge is 0.409 e. The summed E-state index contributed by atoms with van der Waals surface area (Å²) in [5.41, 5.74) is 5.86. The number of nitrogens with zero attached hydrogens (tertiary/aromatic N) is 1. The normalized spacial score (nSPS) is 20.1. The van der Waals surface area contributed by atoms with Gasteiger partial charge >= 0.3 is 0 Å². The van der Waals surface area contributed by atoms with Crippen molar-refractivity contribution in [2.45, 2.75) is 32.0 Å². The molecule has 0 spiro atoms. The molecule has 1 aromatic rings. The molecule has 1 heterocycles. The van der Waals surface area contributed by atoms with E-state index in [1.165, 1.54) is 6.07 Å². The van der Waals surface area contributed by atoms with E-state index in [1.807, 2.05) is 0 Å². The van der Waals surface area contributed by atoms with E-state index in [2.05, 4.69) is 5.16 Å². The topological polar surface area (TPSA) is 77.1 Å². The molecule has 1 fully saturated rings. The molecule has 1 aromatic carbocycles. The number of halogens is 1. The fourth-order valence-electron chi connectivity index (χ4n) is 2.18. The summed E-state index contributed by atoms with van der Waals surface area (Å²) in [6, 6.07) is 4.72. The van der Waals surface area contributed by atoms with Gasteiger partial charge in [0.25, 0.3) is 0 Å². The van der Waals surface area contributed by atoms with Crippen molar-refractivity contribution in [2.24, 2.45) is 10.9 Å². The first-order valence-corrected chi connectivity index (χ1v) is 6.67. The zero-order valence-electron chi connectivity index (χ0n) is 11.2. The van der Waals surface area contributed by atoms with Crippen LogP contribution >= 0.6 is 0 Å². The van der Waals surface area contributed by atoms with Crippen molar-refractivity contribution in [1.82, 2.24) is 0 Å². The van der Waals surface area contributed by atoms with E-state index in [0.717, 1.165) is 25.9 Å². The smallest absolute Gasteiger partial charge is 0.173 e. The van der Waals surface area contributed by atoms with Crippen LogP contribution in [0.15, 0.2) is 23.4 Å². The SMILES string of the molecule is N/C(=N/O)c1cccc(COCC2CCCCO2)c1F. The van der Waals surface area contributed by atoms with Crippen molar-refractivity contribution in [3.63, 3.8) is 0 Å². The highest BCUT2D eigenvalue weighted by molar-refractivity contribution is 5.97. The van der Waals surface area contributed by atoms with Gasteiger partial charge in [0.1, 0.15) is 5.82 Å². The van der Waals surface area contributed by atoms with Crippen LogP contribution in [-0.4, -0.2) is 30.4 Å². The van der Waals surface area contributed by atoms with E-state index >= 15 is 0 Å². The Balaban J connectivity index is 1.92. The molecule has 1 aliphatic rings. The highest BCUT2D eigenvalue weighted by Crippen LogP contribution is 2.16. The maximum atomic E-state index is 14.1. The molecule has 0 radical (unpaired) electrons. The lowest BCUT2D eigenvalue weighted by atomic mass is 10.1. The highest BCUT2D eigenvalue weighted by Gasteiger charge is 2.15. The van der Waals surface area contributed by atoms with Crippen LogP contribution in [0, 0.1) is 5.82 Å². The molecule has 0 aliphatic carbocycles. The maximum absolute atomic E-state index is 14.1. The van der Waals surface area contributed by atoms with Crippen molar-refractivity contribution in [2.75, 3.05) is 13.2 Å². The summed E-state index contributed by atoms with van der Waals surface area (Å²) in [6.07, 6.45) is 3.31. The molecule has 1 atom stereocenters. The van der Waals surface area contributed by atoms with E-state index < -0.39 is 5.82 Å². The molecule has 20 heavy (non-hydrogen) atoms. The number of rotatable bonds is 5. The Hall–Kier alpha value is -1.66. The summed E-state index contributed by atoms with van der Waals surface area (Å²) >= 11 is 0. The van der Waals surface area contributed by atoms with Crippen molar-refractivity contribution >= 4 is 5.84 Å². The van der Waals surface area contributed by atoms with Gasteiger partial charge in [-0.2, -0.15) is 0 Å². The minimum absolute atomic E-state index is 0.0718. The molecule has 0 amide bonds. The standard InChI is InChI=1S/C14H19FN2O3/c15-13-10(4-3-6-12(13)14(16)17-18)8-19-9-11-5-1-2-7-20-11/h3-4,6,11,18H,1-2,5,7-9H2,(H2,16,17). The molecule has 2 rings (SSSR count). The summed E-state index contributed by atoms with van der Waals surface area (Å²) in [5.74, 6) is -0.771. The Kier molecular flexibility index (Phi) is 5.31. The molecule has 6 heteroatoms. The molecule has 5 nitrogen and oxygen atoms in total. The predicted molar refractivity (Wildman–Crippen MR) is 72.2 cm³/mol. The molecule has 110 valence electrons. The number of oxime groups is 1. The average molecular weight is 282 g/mol. The number of hydrogen-bond acceptors (Lipinski definition) is 4. The van der Waals surface area contributed by atoms with Crippen molar-refractivity contribution in [3.8, 4) is 0 Å². The quantitative estimate of drug-likeness (QED) is 0.375. The number of ether oxygens (including phenoxy) is 2. The van der Waals surface area contributed by atoms with Gasteiger partial charge in [0.05, 0.1) is 24.9 Å². The van der Waals surface area contributed by atoms with E-state index in [0.29, 0.717) is 12.2 Å². The third-order valence-electron chi connectivity index (χ3n) is 3.30.